The molecule has 1 amide bonds. The minimum absolute atomic E-state index is 0.0223. The fourth-order valence-corrected chi connectivity index (χ4v) is 3.92. The number of nitrogens with one attached hydrogen (secondary N) is 1. The molecule has 138 valence electrons. The number of nitrogens with zero attached hydrogens (tertiary/aromatic N) is 2. The molecule has 0 spiro atoms. The number of Topliss-reactive ketones (excluding diaryl/α,β-unsaturated/α-hetero) is 1. The minimum Gasteiger partial charge on any atom is -0.357 e. The Morgan fingerprint density at radius 1 is 1.42 bits per heavy atom. The van der Waals surface area contributed by atoms with Crippen molar-refractivity contribution in [1.29, 1.82) is 0 Å². The molecule has 7 nitrogen and oxygen atoms in total. The van der Waals surface area contributed by atoms with Gasteiger partial charge in [0.25, 0.3) is 5.69 Å². The zero-order valence-corrected chi connectivity index (χ0v) is 15.6. The van der Waals surface area contributed by atoms with Crippen molar-refractivity contribution >= 4 is 40.4 Å². The van der Waals surface area contributed by atoms with Gasteiger partial charge < -0.3 is 10.2 Å². The van der Waals surface area contributed by atoms with Crippen LogP contribution in [0.25, 0.3) is 0 Å². The van der Waals surface area contributed by atoms with Gasteiger partial charge in [0.1, 0.15) is 5.88 Å². The maximum atomic E-state index is 12.8. The molecule has 26 heavy (non-hydrogen) atoms. The highest BCUT2D eigenvalue weighted by atomic mass is 35.5. The lowest BCUT2D eigenvalue weighted by atomic mass is 9.74. The minimum atomic E-state index is -0.505. The summed E-state index contributed by atoms with van der Waals surface area (Å²) >= 11 is 5.79. The lowest BCUT2D eigenvalue weighted by molar-refractivity contribution is -0.384. The Kier molecular flexibility index (Phi) is 4.52. The first kappa shape index (κ1) is 18.4. The van der Waals surface area contributed by atoms with Gasteiger partial charge in [-0.2, -0.15) is 0 Å². The van der Waals surface area contributed by atoms with E-state index in [0.717, 1.165) is 0 Å². The van der Waals surface area contributed by atoms with Crippen LogP contribution in [0.15, 0.2) is 29.5 Å². The van der Waals surface area contributed by atoms with Gasteiger partial charge in [-0.05, 0) is 24.8 Å². The Bertz CT molecular complexity index is 847. The number of alkyl halides is 1. The maximum absolute atomic E-state index is 12.8. The summed E-state index contributed by atoms with van der Waals surface area (Å²) in [5.74, 6) is -0.628. The molecule has 3 rings (SSSR count). The number of nitro benzene ring substituents is 1. The first-order chi connectivity index (χ1) is 12.1. The van der Waals surface area contributed by atoms with Crippen LogP contribution in [0.2, 0.25) is 0 Å². The van der Waals surface area contributed by atoms with E-state index in [1.54, 1.807) is 6.92 Å². The average molecular weight is 378 g/mol. The molecule has 1 atom stereocenters. The first-order valence-corrected chi connectivity index (χ1v) is 8.88. The molecule has 1 N–H and O–H groups in total. The van der Waals surface area contributed by atoms with E-state index in [0.29, 0.717) is 35.5 Å². The van der Waals surface area contributed by atoms with E-state index >= 15 is 0 Å². The van der Waals surface area contributed by atoms with Gasteiger partial charge in [0.05, 0.1) is 22.3 Å². The number of carbonyl (C=O) groups is 2. The highest BCUT2D eigenvalue weighted by molar-refractivity contribution is 6.30. The van der Waals surface area contributed by atoms with Gasteiger partial charge in [-0.3, -0.25) is 19.7 Å². The molecule has 0 saturated heterocycles. The average Bonchev–Trinajstić information content (AvgIpc) is 2.65. The van der Waals surface area contributed by atoms with Crippen molar-refractivity contribution in [2.75, 3.05) is 16.1 Å². The molecule has 8 heteroatoms. The van der Waals surface area contributed by atoms with E-state index < -0.39 is 11.0 Å². The molecule has 0 aromatic heterocycles. The first-order valence-electron chi connectivity index (χ1n) is 8.34. The summed E-state index contributed by atoms with van der Waals surface area (Å²) in [6.45, 7) is 5.79. The van der Waals surface area contributed by atoms with E-state index in [9.17, 15) is 19.7 Å². The van der Waals surface area contributed by atoms with Crippen LogP contribution >= 0.6 is 11.6 Å². The molecule has 1 aromatic carbocycles. The molecule has 1 aromatic rings. The van der Waals surface area contributed by atoms with Crippen LogP contribution in [0.3, 0.4) is 0 Å². The van der Waals surface area contributed by atoms with Crippen LogP contribution in [-0.2, 0) is 9.59 Å². The number of hydrogen-bond acceptors (Lipinski definition) is 5. The number of allylic oxidation sites excluding steroid dienone is 1. The Balaban J connectivity index is 2.21. The molecular weight excluding hydrogens is 358 g/mol. The van der Waals surface area contributed by atoms with Crippen molar-refractivity contribution in [2.24, 2.45) is 5.41 Å². The molecule has 0 fully saturated rings. The van der Waals surface area contributed by atoms with Crippen molar-refractivity contribution in [1.82, 2.24) is 0 Å². The van der Waals surface area contributed by atoms with Gasteiger partial charge in [0, 0.05) is 29.8 Å². The number of halogens is 1. The van der Waals surface area contributed by atoms with Crippen molar-refractivity contribution < 1.29 is 14.5 Å². The number of fused-ring (bicyclic) bond motifs is 1. The van der Waals surface area contributed by atoms with Crippen molar-refractivity contribution in [3.05, 3.63) is 39.6 Å². The molecule has 2 aliphatic rings. The van der Waals surface area contributed by atoms with Crippen molar-refractivity contribution in [3.63, 3.8) is 0 Å². The van der Waals surface area contributed by atoms with Crippen LogP contribution in [0, 0.1) is 15.5 Å². The molecule has 1 unspecified atom stereocenters. The van der Waals surface area contributed by atoms with Gasteiger partial charge in [0.2, 0.25) is 5.91 Å². The predicted molar refractivity (Wildman–Crippen MR) is 99.4 cm³/mol. The Morgan fingerprint density at radius 2 is 2.12 bits per heavy atom. The zero-order chi connectivity index (χ0) is 19.2. The number of non-ortho nitro benzene ring substituents is 1. The SMILES string of the molecule is CC1C2=C(CC(C)(C)CC2=O)Nc2cc([N+](=O)[O-])ccc2N1C(=O)CCl. The van der Waals surface area contributed by atoms with Crippen LogP contribution in [0.1, 0.15) is 33.6 Å². The number of rotatable bonds is 2. The van der Waals surface area contributed by atoms with E-state index in [-0.39, 0.29) is 28.7 Å². The molecule has 1 aliphatic heterocycles. The zero-order valence-electron chi connectivity index (χ0n) is 14.8. The largest absolute Gasteiger partial charge is 0.357 e. The monoisotopic (exact) mass is 377 g/mol. The molecule has 1 aliphatic carbocycles. The number of nitro groups is 1. The summed E-state index contributed by atoms with van der Waals surface area (Å²) in [6, 6.07) is 3.75. The van der Waals surface area contributed by atoms with Gasteiger partial charge >= 0.3 is 0 Å². The summed E-state index contributed by atoms with van der Waals surface area (Å²) in [5, 5.41) is 14.4. The fraction of sp³-hybridized carbons (Fsp3) is 0.444. The topological polar surface area (TPSA) is 92.5 Å². The van der Waals surface area contributed by atoms with Crippen molar-refractivity contribution in [3.8, 4) is 0 Å². The second-order valence-corrected chi connectivity index (χ2v) is 7.76. The lowest BCUT2D eigenvalue weighted by Crippen LogP contribution is -2.43. The van der Waals surface area contributed by atoms with Gasteiger partial charge in [-0.15, -0.1) is 11.6 Å². The normalized spacial score (nSPS) is 21.5. The Morgan fingerprint density at radius 3 is 2.73 bits per heavy atom. The third-order valence-electron chi connectivity index (χ3n) is 4.84. The van der Waals surface area contributed by atoms with Crippen LogP contribution in [0.5, 0.6) is 0 Å². The van der Waals surface area contributed by atoms with Crippen molar-refractivity contribution in [2.45, 2.75) is 39.7 Å². The number of ketones is 1. The quantitative estimate of drug-likeness (QED) is 0.482. The maximum Gasteiger partial charge on any atom is 0.271 e. The predicted octanol–water partition coefficient (Wildman–Crippen LogP) is 3.62. The van der Waals surface area contributed by atoms with Gasteiger partial charge in [-0.1, -0.05) is 13.8 Å². The number of amides is 1. The summed E-state index contributed by atoms with van der Waals surface area (Å²) in [4.78, 5) is 37.5. The van der Waals surface area contributed by atoms with Gasteiger partial charge in [-0.25, -0.2) is 0 Å². The highest BCUT2D eigenvalue weighted by Gasteiger charge is 2.40. The third-order valence-corrected chi connectivity index (χ3v) is 5.07. The van der Waals surface area contributed by atoms with E-state index in [1.807, 2.05) is 13.8 Å². The van der Waals surface area contributed by atoms with E-state index in [2.05, 4.69) is 5.32 Å². The number of hydrogen-bond donors (Lipinski definition) is 1. The molecular formula is C18H20ClN3O4. The number of anilines is 2. The third kappa shape index (κ3) is 3.07. The lowest BCUT2D eigenvalue weighted by Gasteiger charge is -2.35. The van der Waals surface area contributed by atoms with E-state index in [4.69, 9.17) is 11.6 Å². The van der Waals surface area contributed by atoms with Crippen LogP contribution < -0.4 is 10.2 Å². The standard InChI is InChI=1S/C18H20ClN3O4/c1-10-17-13(7-18(2,3)8-15(17)23)20-12-6-11(22(25)26)4-5-14(12)21(10)16(24)9-19/h4-6,10,20H,7-9H2,1-3H3. The Hall–Kier alpha value is -2.41. The summed E-state index contributed by atoms with van der Waals surface area (Å²) in [5.41, 5.74) is 1.85. The molecule has 0 saturated carbocycles. The summed E-state index contributed by atoms with van der Waals surface area (Å²) in [7, 11) is 0. The summed E-state index contributed by atoms with van der Waals surface area (Å²) in [6.07, 6.45) is 1.00. The van der Waals surface area contributed by atoms with Crippen LogP contribution in [-0.4, -0.2) is 28.5 Å². The fourth-order valence-electron chi connectivity index (χ4n) is 3.79. The molecule has 1 heterocycles. The van der Waals surface area contributed by atoms with E-state index in [1.165, 1.54) is 23.1 Å². The number of carbonyl (C=O) groups excluding carboxylic acids is 2. The van der Waals surface area contributed by atoms with Crippen LogP contribution in [0.4, 0.5) is 17.1 Å². The number of benzene rings is 1. The second kappa shape index (κ2) is 6.39. The smallest absolute Gasteiger partial charge is 0.271 e. The second-order valence-electron chi connectivity index (χ2n) is 7.49. The molecule has 0 bridgehead atoms. The highest BCUT2D eigenvalue weighted by Crippen LogP contribution is 2.44. The Labute approximate surface area is 156 Å². The summed E-state index contributed by atoms with van der Waals surface area (Å²) < 4.78 is 0. The molecule has 0 radical (unpaired) electrons. The van der Waals surface area contributed by atoms with Gasteiger partial charge in [0.15, 0.2) is 5.78 Å².